The second-order valence-corrected chi connectivity index (χ2v) is 5.68. The predicted octanol–water partition coefficient (Wildman–Crippen LogP) is 0.805. The van der Waals surface area contributed by atoms with Gasteiger partial charge in [0.25, 0.3) is 0 Å². The van der Waals surface area contributed by atoms with Crippen LogP contribution in [0, 0.1) is 0 Å². The van der Waals surface area contributed by atoms with Crippen molar-refractivity contribution in [2.24, 2.45) is 0 Å². The summed E-state index contributed by atoms with van der Waals surface area (Å²) in [6, 6.07) is 0. The van der Waals surface area contributed by atoms with E-state index in [4.69, 9.17) is 11.6 Å². The van der Waals surface area contributed by atoms with E-state index in [-0.39, 0.29) is 10.8 Å². The minimum atomic E-state index is -3.26. The molecule has 2 aromatic heterocycles. The molecule has 2 aromatic rings. The Labute approximate surface area is 103 Å². The Morgan fingerprint density at radius 3 is 2.71 bits per heavy atom. The molecule has 0 aromatic carbocycles. The molecule has 0 aliphatic carbocycles. The summed E-state index contributed by atoms with van der Waals surface area (Å²) in [6.07, 6.45) is 6.80. The van der Waals surface area contributed by atoms with Gasteiger partial charge in [-0.05, 0) is 0 Å². The van der Waals surface area contributed by atoms with Gasteiger partial charge in [0.15, 0.2) is 15.7 Å². The number of hydrogen-bond donors (Lipinski definition) is 0. The number of halogens is 1. The quantitative estimate of drug-likeness (QED) is 0.773. The number of rotatable bonds is 3. The monoisotopic (exact) mass is 272 g/mol. The van der Waals surface area contributed by atoms with Crippen LogP contribution in [0.5, 0.6) is 0 Å². The molecule has 0 unspecified atom stereocenters. The zero-order chi connectivity index (χ0) is 12.5. The molecule has 0 saturated heterocycles. The van der Waals surface area contributed by atoms with Gasteiger partial charge in [0, 0.05) is 12.5 Å². The van der Waals surface area contributed by atoms with Crippen LogP contribution in [0.1, 0.15) is 5.69 Å². The number of hydrogen-bond acceptors (Lipinski definition) is 5. The topological polar surface area (TPSA) is 77.7 Å². The number of alkyl halides is 1. The molecule has 0 spiro atoms. The highest BCUT2D eigenvalue weighted by atomic mass is 35.5. The maximum Gasteiger partial charge on any atom is 0.178 e. The Morgan fingerprint density at radius 1 is 1.35 bits per heavy atom. The van der Waals surface area contributed by atoms with Crippen LogP contribution in [-0.2, 0) is 15.7 Å². The van der Waals surface area contributed by atoms with E-state index in [1.165, 1.54) is 29.5 Å². The van der Waals surface area contributed by atoms with Crippen LogP contribution in [0.2, 0.25) is 0 Å². The van der Waals surface area contributed by atoms with Crippen molar-refractivity contribution in [1.29, 1.82) is 0 Å². The first kappa shape index (κ1) is 12.0. The summed E-state index contributed by atoms with van der Waals surface area (Å²) in [5.74, 6) is 0.666. The molecule has 0 aliphatic rings. The molecule has 2 rings (SSSR count). The van der Waals surface area contributed by atoms with Crippen LogP contribution in [-0.4, -0.2) is 34.4 Å². The van der Waals surface area contributed by atoms with Crippen LogP contribution < -0.4 is 0 Å². The molecule has 0 saturated carbocycles. The minimum Gasteiger partial charge on any atom is -0.259 e. The van der Waals surface area contributed by atoms with Crippen molar-refractivity contribution in [1.82, 2.24) is 19.7 Å². The van der Waals surface area contributed by atoms with Gasteiger partial charge in [-0.25, -0.2) is 18.1 Å². The summed E-state index contributed by atoms with van der Waals surface area (Å²) in [4.78, 5) is 8.25. The lowest BCUT2D eigenvalue weighted by molar-refractivity contribution is 0.602. The van der Waals surface area contributed by atoms with Crippen LogP contribution in [0.3, 0.4) is 0 Å². The third kappa shape index (κ3) is 2.62. The van der Waals surface area contributed by atoms with Crippen molar-refractivity contribution in [3.05, 3.63) is 30.5 Å². The SMILES string of the molecule is CS(=O)(=O)c1cnn(-c2cncc(CCl)n2)c1. The van der Waals surface area contributed by atoms with Crippen molar-refractivity contribution in [3.63, 3.8) is 0 Å². The van der Waals surface area contributed by atoms with Crippen LogP contribution in [0.25, 0.3) is 5.82 Å². The van der Waals surface area contributed by atoms with E-state index in [9.17, 15) is 8.42 Å². The largest absolute Gasteiger partial charge is 0.259 e. The maximum atomic E-state index is 11.3. The first-order valence-corrected chi connectivity index (χ1v) is 7.05. The third-order valence-electron chi connectivity index (χ3n) is 2.03. The van der Waals surface area contributed by atoms with Crippen LogP contribution >= 0.6 is 11.6 Å². The molecule has 0 N–H and O–H groups in total. The molecular formula is C9H9ClN4O2S. The van der Waals surface area contributed by atoms with Gasteiger partial charge in [-0.1, -0.05) is 0 Å². The second kappa shape index (κ2) is 4.42. The van der Waals surface area contributed by atoms with Crippen LogP contribution in [0.4, 0.5) is 0 Å². The highest BCUT2D eigenvalue weighted by Gasteiger charge is 2.11. The molecule has 2 heterocycles. The van der Waals surface area contributed by atoms with E-state index in [1.54, 1.807) is 0 Å². The summed E-state index contributed by atoms with van der Waals surface area (Å²) in [5, 5.41) is 3.92. The van der Waals surface area contributed by atoms with Gasteiger partial charge in [0.2, 0.25) is 0 Å². The molecule has 0 fully saturated rings. The minimum absolute atomic E-state index is 0.135. The summed E-state index contributed by atoms with van der Waals surface area (Å²) in [7, 11) is -3.26. The first-order valence-electron chi connectivity index (χ1n) is 4.62. The Morgan fingerprint density at radius 2 is 2.12 bits per heavy atom. The van der Waals surface area contributed by atoms with Crippen LogP contribution in [0.15, 0.2) is 29.7 Å². The summed E-state index contributed by atoms with van der Waals surface area (Å²) in [5.41, 5.74) is 0.598. The van der Waals surface area contributed by atoms with Gasteiger partial charge in [-0.2, -0.15) is 5.10 Å². The summed E-state index contributed by atoms with van der Waals surface area (Å²) < 4.78 is 23.9. The van der Waals surface area contributed by atoms with Gasteiger partial charge < -0.3 is 0 Å². The van der Waals surface area contributed by atoms with E-state index < -0.39 is 9.84 Å². The van der Waals surface area contributed by atoms with Crippen molar-refractivity contribution in [3.8, 4) is 5.82 Å². The van der Waals surface area contributed by atoms with E-state index >= 15 is 0 Å². The molecule has 0 bridgehead atoms. The highest BCUT2D eigenvalue weighted by molar-refractivity contribution is 7.90. The van der Waals surface area contributed by atoms with Crippen molar-refractivity contribution < 1.29 is 8.42 Å². The van der Waals surface area contributed by atoms with Crippen molar-refractivity contribution in [2.45, 2.75) is 10.8 Å². The fraction of sp³-hybridized carbons (Fsp3) is 0.222. The lowest BCUT2D eigenvalue weighted by Gasteiger charge is -2.00. The van der Waals surface area contributed by atoms with E-state index in [0.29, 0.717) is 11.5 Å². The molecule has 8 heteroatoms. The van der Waals surface area contributed by atoms with E-state index in [1.807, 2.05) is 0 Å². The molecule has 0 atom stereocenters. The standard InChI is InChI=1S/C9H9ClN4O2S/c1-17(15,16)8-4-12-14(6-8)9-5-11-3-7(2-10)13-9/h3-6H,2H2,1H3. The van der Waals surface area contributed by atoms with E-state index in [0.717, 1.165) is 6.26 Å². The zero-order valence-corrected chi connectivity index (χ0v) is 10.5. The molecule has 0 radical (unpaired) electrons. The van der Waals surface area contributed by atoms with Gasteiger partial charge in [0.05, 0.1) is 30.2 Å². The Bertz CT molecular complexity index is 638. The number of aromatic nitrogens is 4. The van der Waals surface area contributed by atoms with Gasteiger partial charge >= 0.3 is 0 Å². The second-order valence-electron chi connectivity index (χ2n) is 3.40. The third-order valence-corrected chi connectivity index (χ3v) is 3.37. The molecular weight excluding hydrogens is 264 g/mol. The van der Waals surface area contributed by atoms with Crippen molar-refractivity contribution in [2.75, 3.05) is 6.26 Å². The normalized spacial score (nSPS) is 11.6. The average molecular weight is 273 g/mol. The Hall–Kier alpha value is -1.47. The van der Waals surface area contributed by atoms with Crippen molar-refractivity contribution >= 4 is 21.4 Å². The van der Waals surface area contributed by atoms with Gasteiger partial charge in [-0.15, -0.1) is 11.6 Å². The molecule has 0 amide bonds. The molecule has 17 heavy (non-hydrogen) atoms. The first-order chi connectivity index (χ1) is 8.00. The summed E-state index contributed by atoms with van der Waals surface area (Å²) >= 11 is 5.64. The number of sulfone groups is 1. The lowest BCUT2D eigenvalue weighted by Crippen LogP contribution is -2.01. The molecule has 90 valence electrons. The maximum absolute atomic E-state index is 11.3. The molecule has 0 aliphatic heterocycles. The summed E-state index contributed by atoms with van der Waals surface area (Å²) in [6.45, 7) is 0. The van der Waals surface area contributed by atoms with Gasteiger partial charge in [0.1, 0.15) is 4.90 Å². The average Bonchev–Trinajstić information content (AvgIpc) is 2.78. The smallest absolute Gasteiger partial charge is 0.178 e. The number of nitrogens with zero attached hydrogens (tertiary/aromatic N) is 4. The predicted molar refractivity (Wildman–Crippen MR) is 61.8 cm³/mol. The lowest BCUT2D eigenvalue weighted by atomic mass is 10.5. The zero-order valence-electron chi connectivity index (χ0n) is 8.91. The van der Waals surface area contributed by atoms with Gasteiger partial charge in [-0.3, -0.25) is 4.98 Å². The fourth-order valence-electron chi connectivity index (χ4n) is 1.19. The Kier molecular flexibility index (Phi) is 3.12. The Balaban J connectivity index is 2.43. The van der Waals surface area contributed by atoms with E-state index in [2.05, 4.69) is 15.1 Å². The fourth-order valence-corrected chi connectivity index (χ4v) is 1.85. The highest BCUT2D eigenvalue weighted by Crippen LogP contribution is 2.10. The molecule has 6 nitrogen and oxygen atoms in total.